The van der Waals surface area contributed by atoms with Crippen molar-refractivity contribution in [2.45, 2.75) is 59.0 Å². The molecule has 3 saturated carbocycles. The molecule has 3 fully saturated rings. The molecule has 0 heterocycles. The van der Waals surface area contributed by atoms with Gasteiger partial charge in [-0.1, -0.05) is 39.5 Å². The molecule has 0 aromatic heterocycles. The third-order valence-electron chi connectivity index (χ3n) is 7.57. The van der Waals surface area contributed by atoms with E-state index in [2.05, 4.69) is 33.4 Å². The molecule has 2 N–H and O–H groups in total. The van der Waals surface area contributed by atoms with Crippen LogP contribution in [-0.4, -0.2) is 6.17 Å². The van der Waals surface area contributed by atoms with E-state index in [1.807, 2.05) is 6.08 Å². The van der Waals surface area contributed by atoms with Crippen molar-refractivity contribution in [3.05, 3.63) is 35.6 Å². The van der Waals surface area contributed by atoms with E-state index in [4.69, 9.17) is 8.48 Å². The highest BCUT2D eigenvalue weighted by atomic mass is 19.1. The number of halogens is 1. The van der Waals surface area contributed by atoms with Gasteiger partial charge in [0.05, 0.1) is 0 Å². The van der Waals surface area contributed by atoms with E-state index in [9.17, 15) is 4.39 Å². The molecule has 0 spiro atoms. The number of nitrogens with two attached hydrogens (primary N) is 1. The fourth-order valence-corrected chi connectivity index (χ4v) is 6.45. The van der Waals surface area contributed by atoms with Crippen molar-refractivity contribution in [3.63, 3.8) is 0 Å². The van der Waals surface area contributed by atoms with E-state index in [-0.39, 0.29) is 22.7 Å². The zero-order chi connectivity index (χ0) is 18.3. The van der Waals surface area contributed by atoms with Crippen molar-refractivity contribution < 1.29 is 7.13 Å². The van der Waals surface area contributed by atoms with E-state index < -0.39 is 19.0 Å². The SMILES string of the molecule is [2H]C1C=C[C@@]2(C)C(=C1N)C(=C)[C@@H](C)[C@@H]1[C@@H]2CC[C@]2(C)C([2H])[C@H](F)C[C@@H]12. The highest BCUT2D eigenvalue weighted by Gasteiger charge is 2.60. The number of rotatable bonds is 0. The Labute approximate surface area is 142 Å². The predicted molar refractivity (Wildman–Crippen MR) is 93.3 cm³/mol. The first kappa shape index (κ1) is 13.3. The quantitative estimate of drug-likeness (QED) is 0.614. The molecule has 0 aromatic carbocycles. The summed E-state index contributed by atoms with van der Waals surface area (Å²) in [6.07, 6.45) is 4.40. The van der Waals surface area contributed by atoms with E-state index in [0.29, 0.717) is 24.0 Å². The van der Waals surface area contributed by atoms with Crippen LogP contribution in [0.3, 0.4) is 0 Å². The summed E-state index contributed by atoms with van der Waals surface area (Å²) in [7, 11) is 0. The van der Waals surface area contributed by atoms with Gasteiger partial charge in [-0.3, -0.25) is 0 Å². The summed E-state index contributed by atoms with van der Waals surface area (Å²) < 4.78 is 31.1. The highest BCUT2D eigenvalue weighted by Crippen LogP contribution is 2.67. The van der Waals surface area contributed by atoms with Gasteiger partial charge in [0, 0.05) is 20.3 Å². The molecule has 1 nitrogen and oxygen atoms in total. The molecule has 0 aliphatic heterocycles. The van der Waals surface area contributed by atoms with Crippen LogP contribution in [0.4, 0.5) is 4.39 Å². The topological polar surface area (TPSA) is 26.0 Å². The number of fused-ring (bicyclic) bond motifs is 5. The fourth-order valence-electron chi connectivity index (χ4n) is 6.45. The Bertz CT molecular complexity index is 685. The summed E-state index contributed by atoms with van der Waals surface area (Å²) in [5, 5.41) is 0. The van der Waals surface area contributed by atoms with Gasteiger partial charge in [-0.25, -0.2) is 4.39 Å². The standard InChI is InChI=1S/C21H30FN/c1-12-13(2)19-17(23)6-5-8-21(19,4)15-7-9-20(3)11-14(22)10-16(20)18(12)15/h5,8,12,14-16,18H,2,6-7,9-11,23H2,1,3-4H3/t12-,14-,15+,16+,18-,20-,21-/m1/s1/i6D,11D/t6?,11?,12-,14-,15+,16+,18-,20-,21-. The smallest absolute Gasteiger partial charge is 0.101 e. The van der Waals surface area contributed by atoms with E-state index in [1.165, 1.54) is 0 Å². The third kappa shape index (κ3) is 1.90. The Morgan fingerprint density at radius 1 is 1.39 bits per heavy atom. The molecule has 9 atom stereocenters. The van der Waals surface area contributed by atoms with Gasteiger partial charge in [0.2, 0.25) is 0 Å². The number of hydrogen-bond acceptors (Lipinski definition) is 1. The van der Waals surface area contributed by atoms with Gasteiger partial charge in [0.15, 0.2) is 0 Å². The largest absolute Gasteiger partial charge is 0.402 e. The van der Waals surface area contributed by atoms with Gasteiger partial charge < -0.3 is 5.73 Å². The molecule has 0 radical (unpaired) electrons. The van der Waals surface area contributed by atoms with Gasteiger partial charge in [-0.15, -0.1) is 0 Å². The third-order valence-corrected chi connectivity index (χ3v) is 7.57. The molecular weight excluding hydrogens is 285 g/mol. The van der Waals surface area contributed by atoms with Crippen molar-refractivity contribution >= 4 is 0 Å². The van der Waals surface area contributed by atoms with E-state index >= 15 is 0 Å². The summed E-state index contributed by atoms with van der Waals surface area (Å²) in [6, 6.07) is 0. The van der Waals surface area contributed by atoms with Crippen LogP contribution in [0.25, 0.3) is 0 Å². The minimum Gasteiger partial charge on any atom is -0.402 e. The lowest BCUT2D eigenvalue weighted by Gasteiger charge is -2.59. The lowest BCUT2D eigenvalue weighted by molar-refractivity contribution is -0.0281. The summed E-state index contributed by atoms with van der Waals surface area (Å²) >= 11 is 0. The summed E-state index contributed by atoms with van der Waals surface area (Å²) in [5.41, 5.74) is 8.68. The lowest BCUT2D eigenvalue weighted by atomic mass is 9.45. The molecule has 0 amide bonds. The van der Waals surface area contributed by atoms with Gasteiger partial charge in [0.1, 0.15) is 6.17 Å². The number of alkyl halides is 1. The maximum absolute atomic E-state index is 14.5. The molecule has 0 aromatic rings. The highest BCUT2D eigenvalue weighted by molar-refractivity contribution is 5.49. The zero-order valence-corrected chi connectivity index (χ0v) is 14.5. The monoisotopic (exact) mass is 317 g/mol. The second-order valence-electron chi connectivity index (χ2n) is 8.71. The average molecular weight is 317 g/mol. The second-order valence-corrected chi connectivity index (χ2v) is 8.71. The lowest BCUT2D eigenvalue weighted by Crippen LogP contribution is -2.52. The maximum Gasteiger partial charge on any atom is 0.101 e. The van der Waals surface area contributed by atoms with Crippen molar-refractivity contribution in [2.24, 2.45) is 40.2 Å². The van der Waals surface area contributed by atoms with Crippen molar-refractivity contribution in [1.29, 1.82) is 0 Å². The first-order valence-electron chi connectivity index (χ1n) is 10.2. The molecule has 126 valence electrons. The first-order valence-corrected chi connectivity index (χ1v) is 9.00. The normalized spacial score (nSPS) is 59.8. The van der Waals surface area contributed by atoms with Crippen molar-refractivity contribution in [3.8, 4) is 0 Å². The zero-order valence-electron chi connectivity index (χ0n) is 16.5. The summed E-state index contributed by atoms with van der Waals surface area (Å²) in [5.74, 6) is 1.19. The van der Waals surface area contributed by atoms with Crippen LogP contribution < -0.4 is 5.73 Å². The molecule has 4 aliphatic rings. The van der Waals surface area contributed by atoms with Crippen LogP contribution in [0.15, 0.2) is 35.6 Å². The first-order chi connectivity index (χ1) is 11.6. The minimum atomic E-state index is -1.01. The van der Waals surface area contributed by atoms with Crippen molar-refractivity contribution in [2.75, 3.05) is 0 Å². The molecule has 2 heteroatoms. The molecule has 0 saturated heterocycles. The Kier molecular flexibility index (Phi) is 2.73. The molecule has 0 bridgehead atoms. The predicted octanol–water partition coefficient (Wildman–Crippen LogP) is 5.15. The van der Waals surface area contributed by atoms with Gasteiger partial charge in [-0.05, 0) is 65.9 Å². The Hall–Kier alpha value is -1.05. The van der Waals surface area contributed by atoms with Crippen LogP contribution in [-0.2, 0) is 0 Å². The molecule has 23 heavy (non-hydrogen) atoms. The van der Waals surface area contributed by atoms with Gasteiger partial charge >= 0.3 is 0 Å². The Morgan fingerprint density at radius 3 is 2.87 bits per heavy atom. The summed E-state index contributed by atoms with van der Waals surface area (Å²) in [6.45, 7) is 11.0. The Morgan fingerprint density at radius 2 is 2.13 bits per heavy atom. The summed E-state index contributed by atoms with van der Waals surface area (Å²) in [4.78, 5) is 0. The molecule has 2 unspecified atom stereocenters. The van der Waals surface area contributed by atoms with Crippen LogP contribution in [0.1, 0.15) is 55.6 Å². The second kappa shape index (κ2) is 4.74. The molecular formula is C21H30FN. The molecule has 4 aliphatic carbocycles. The average Bonchev–Trinajstić information content (AvgIpc) is 2.80. The minimum absolute atomic E-state index is 0.205. The van der Waals surface area contributed by atoms with Crippen LogP contribution in [0.2, 0.25) is 0 Å². The Balaban J connectivity index is 1.83. The van der Waals surface area contributed by atoms with Gasteiger partial charge in [0.25, 0.3) is 0 Å². The van der Waals surface area contributed by atoms with E-state index in [0.717, 1.165) is 24.0 Å². The fraction of sp³-hybridized carbons (Fsp3) is 0.714. The van der Waals surface area contributed by atoms with E-state index in [1.54, 1.807) is 0 Å². The van der Waals surface area contributed by atoms with Crippen molar-refractivity contribution in [1.82, 2.24) is 0 Å². The number of hydrogen-bond donors (Lipinski definition) is 1. The van der Waals surface area contributed by atoms with Crippen LogP contribution in [0, 0.1) is 34.5 Å². The molecule has 4 rings (SSSR count). The number of allylic oxidation sites excluding steroid dienone is 4. The van der Waals surface area contributed by atoms with Gasteiger partial charge in [-0.2, -0.15) is 0 Å². The van der Waals surface area contributed by atoms with Crippen LogP contribution in [0.5, 0.6) is 0 Å². The maximum atomic E-state index is 14.5. The van der Waals surface area contributed by atoms with Crippen LogP contribution >= 0.6 is 0 Å².